The van der Waals surface area contributed by atoms with Crippen LogP contribution in [0.25, 0.3) is 4.96 Å². The number of rotatable bonds is 6. The van der Waals surface area contributed by atoms with Crippen LogP contribution in [0.15, 0.2) is 60.7 Å². The van der Waals surface area contributed by atoms with Crippen molar-refractivity contribution in [2.75, 3.05) is 26.2 Å². The summed E-state index contributed by atoms with van der Waals surface area (Å²) in [6.07, 6.45) is 0.759. The summed E-state index contributed by atoms with van der Waals surface area (Å²) in [6.45, 7) is 6.89. The standard InChI is InChI=1S/C24H27N5OS/c1-2-20-25-24-29(26-20)23(30)22(31-24)21(19-11-7-4-8-12-19)28-15-13-27(14-16-28)17-18-9-5-3-6-10-18/h3-12,21,30H,2,13-17H2,1H3/t21-/m0/s1. The summed E-state index contributed by atoms with van der Waals surface area (Å²) in [5.41, 5.74) is 2.54. The van der Waals surface area contributed by atoms with Gasteiger partial charge in [-0.15, -0.1) is 5.10 Å². The molecular weight excluding hydrogens is 406 g/mol. The maximum Gasteiger partial charge on any atom is 0.230 e. The van der Waals surface area contributed by atoms with E-state index < -0.39 is 0 Å². The molecule has 31 heavy (non-hydrogen) atoms. The fraction of sp³-hybridized carbons (Fsp3) is 0.333. The quantitative estimate of drug-likeness (QED) is 0.499. The highest BCUT2D eigenvalue weighted by Gasteiger charge is 2.31. The van der Waals surface area contributed by atoms with Gasteiger partial charge in [-0.05, 0) is 11.1 Å². The Morgan fingerprint density at radius 1 is 0.968 bits per heavy atom. The lowest BCUT2D eigenvalue weighted by atomic mass is 10.0. The van der Waals surface area contributed by atoms with E-state index in [4.69, 9.17) is 0 Å². The summed E-state index contributed by atoms with van der Waals surface area (Å²) >= 11 is 1.54. The Hall–Kier alpha value is -2.74. The van der Waals surface area contributed by atoms with Gasteiger partial charge in [0.2, 0.25) is 10.8 Å². The van der Waals surface area contributed by atoms with Gasteiger partial charge in [0.15, 0.2) is 5.82 Å². The molecule has 0 saturated carbocycles. The van der Waals surface area contributed by atoms with Crippen LogP contribution in [0, 0.1) is 0 Å². The maximum atomic E-state index is 11.0. The zero-order chi connectivity index (χ0) is 21.2. The Morgan fingerprint density at radius 2 is 1.65 bits per heavy atom. The predicted octanol–water partition coefficient (Wildman–Crippen LogP) is 3.97. The summed E-state index contributed by atoms with van der Waals surface area (Å²) < 4.78 is 1.60. The van der Waals surface area contributed by atoms with Crippen molar-refractivity contribution in [2.45, 2.75) is 25.9 Å². The van der Waals surface area contributed by atoms with Crippen molar-refractivity contribution in [1.82, 2.24) is 24.4 Å². The lowest BCUT2D eigenvalue weighted by molar-refractivity contribution is 0.105. The summed E-state index contributed by atoms with van der Waals surface area (Å²) in [5, 5.41) is 15.5. The number of fused-ring (bicyclic) bond motifs is 1. The number of hydrogen-bond acceptors (Lipinski definition) is 6. The minimum Gasteiger partial charge on any atom is -0.492 e. The zero-order valence-corrected chi connectivity index (χ0v) is 18.5. The molecule has 7 heteroatoms. The molecule has 0 amide bonds. The average Bonchev–Trinajstić information content (AvgIpc) is 3.36. The number of aryl methyl sites for hydroxylation is 1. The van der Waals surface area contributed by atoms with E-state index in [1.165, 1.54) is 11.1 Å². The smallest absolute Gasteiger partial charge is 0.230 e. The lowest BCUT2D eigenvalue weighted by Crippen LogP contribution is -2.47. The molecule has 1 aliphatic heterocycles. The maximum absolute atomic E-state index is 11.0. The van der Waals surface area contributed by atoms with Crippen LogP contribution in [0.5, 0.6) is 5.88 Å². The molecule has 0 bridgehead atoms. The molecule has 1 fully saturated rings. The molecule has 3 heterocycles. The monoisotopic (exact) mass is 433 g/mol. The topological polar surface area (TPSA) is 56.9 Å². The molecule has 1 saturated heterocycles. The highest BCUT2D eigenvalue weighted by molar-refractivity contribution is 7.17. The number of aromatic hydroxyl groups is 1. The van der Waals surface area contributed by atoms with Crippen LogP contribution < -0.4 is 0 Å². The minimum atomic E-state index is -0.00125. The van der Waals surface area contributed by atoms with Gasteiger partial charge in [0.05, 0.1) is 10.9 Å². The third kappa shape index (κ3) is 4.08. The van der Waals surface area contributed by atoms with Gasteiger partial charge in [0.1, 0.15) is 0 Å². The van der Waals surface area contributed by atoms with Crippen molar-refractivity contribution >= 4 is 16.3 Å². The molecule has 1 aliphatic rings. The molecule has 6 nitrogen and oxygen atoms in total. The van der Waals surface area contributed by atoms with E-state index in [1.54, 1.807) is 15.9 Å². The van der Waals surface area contributed by atoms with Crippen LogP contribution >= 0.6 is 11.3 Å². The van der Waals surface area contributed by atoms with E-state index in [0.717, 1.165) is 54.8 Å². The second-order valence-corrected chi connectivity index (χ2v) is 8.99. The number of aromatic nitrogens is 3. The molecule has 160 valence electrons. The number of benzene rings is 2. The van der Waals surface area contributed by atoms with Gasteiger partial charge in [-0.25, -0.2) is 4.98 Å². The Bertz CT molecular complexity index is 1130. The summed E-state index contributed by atoms with van der Waals surface area (Å²) in [4.78, 5) is 11.2. The fourth-order valence-electron chi connectivity index (χ4n) is 4.30. The van der Waals surface area contributed by atoms with Crippen LogP contribution in [0.1, 0.15) is 34.8 Å². The fourth-order valence-corrected chi connectivity index (χ4v) is 5.44. The second-order valence-electron chi connectivity index (χ2n) is 7.98. The van der Waals surface area contributed by atoms with Gasteiger partial charge < -0.3 is 5.11 Å². The molecule has 2 aromatic heterocycles. The zero-order valence-electron chi connectivity index (χ0n) is 17.7. The Labute approximate surface area is 186 Å². The lowest BCUT2D eigenvalue weighted by Gasteiger charge is -2.39. The first-order valence-corrected chi connectivity index (χ1v) is 11.7. The average molecular weight is 434 g/mol. The van der Waals surface area contributed by atoms with Gasteiger partial charge in [-0.1, -0.05) is 78.9 Å². The van der Waals surface area contributed by atoms with Crippen molar-refractivity contribution in [1.29, 1.82) is 0 Å². The molecule has 0 spiro atoms. The molecule has 4 aromatic rings. The molecule has 0 radical (unpaired) electrons. The van der Waals surface area contributed by atoms with Crippen LogP contribution in [0.3, 0.4) is 0 Å². The van der Waals surface area contributed by atoms with Gasteiger partial charge in [0, 0.05) is 39.1 Å². The third-order valence-electron chi connectivity index (χ3n) is 5.94. The highest BCUT2D eigenvalue weighted by Crippen LogP contribution is 2.40. The first-order chi connectivity index (χ1) is 15.2. The molecule has 1 atom stereocenters. The van der Waals surface area contributed by atoms with Crippen molar-refractivity contribution in [3.8, 4) is 5.88 Å². The highest BCUT2D eigenvalue weighted by atomic mass is 32.1. The number of piperazine rings is 1. The molecule has 5 rings (SSSR count). The van der Waals surface area contributed by atoms with Crippen LogP contribution in [-0.2, 0) is 13.0 Å². The summed E-state index contributed by atoms with van der Waals surface area (Å²) in [7, 11) is 0. The number of nitrogens with zero attached hydrogens (tertiary/aromatic N) is 5. The third-order valence-corrected chi connectivity index (χ3v) is 7.02. The van der Waals surface area contributed by atoms with Crippen molar-refractivity contribution in [3.05, 3.63) is 82.5 Å². The van der Waals surface area contributed by atoms with Gasteiger partial charge in [-0.3, -0.25) is 9.80 Å². The predicted molar refractivity (Wildman–Crippen MR) is 123 cm³/mol. The number of thiazole rings is 1. The van der Waals surface area contributed by atoms with E-state index in [0.29, 0.717) is 0 Å². The molecule has 0 aliphatic carbocycles. The van der Waals surface area contributed by atoms with E-state index >= 15 is 0 Å². The Balaban J connectivity index is 1.40. The minimum absolute atomic E-state index is 0.00125. The summed E-state index contributed by atoms with van der Waals surface area (Å²) in [5.74, 6) is 0.978. The first-order valence-electron chi connectivity index (χ1n) is 10.9. The van der Waals surface area contributed by atoms with E-state index in [1.807, 2.05) is 13.0 Å². The van der Waals surface area contributed by atoms with Gasteiger partial charge in [-0.2, -0.15) is 4.52 Å². The first kappa shape index (κ1) is 20.2. The van der Waals surface area contributed by atoms with Crippen LogP contribution in [-0.4, -0.2) is 55.7 Å². The van der Waals surface area contributed by atoms with Gasteiger partial charge in [0.25, 0.3) is 0 Å². The van der Waals surface area contributed by atoms with Crippen LogP contribution in [0.2, 0.25) is 0 Å². The van der Waals surface area contributed by atoms with Crippen molar-refractivity contribution in [3.63, 3.8) is 0 Å². The summed E-state index contributed by atoms with van der Waals surface area (Å²) in [6, 6.07) is 21.1. The van der Waals surface area contributed by atoms with Crippen LogP contribution in [0.4, 0.5) is 0 Å². The Morgan fingerprint density at radius 3 is 2.29 bits per heavy atom. The SMILES string of the molecule is CCc1nc2sc([C@H](c3ccccc3)N3CCN(Cc4ccccc4)CC3)c(O)n2n1. The van der Waals surface area contributed by atoms with Gasteiger partial charge >= 0.3 is 0 Å². The molecule has 1 N–H and O–H groups in total. The molecule has 0 unspecified atom stereocenters. The van der Waals surface area contributed by atoms with Crippen molar-refractivity contribution in [2.24, 2.45) is 0 Å². The largest absolute Gasteiger partial charge is 0.492 e. The van der Waals surface area contributed by atoms with E-state index in [2.05, 4.69) is 74.5 Å². The van der Waals surface area contributed by atoms with E-state index in [9.17, 15) is 5.11 Å². The second kappa shape index (κ2) is 8.78. The van der Waals surface area contributed by atoms with Crippen molar-refractivity contribution < 1.29 is 5.11 Å². The molecule has 2 aromatic carbocycles. The number of hydrogen-bond donors (Lipinski definition) is 1. The normalized spacial score (nSPS) is 16.7. The van der Waals surface area contributed by atoms with E-state index in [-0.39, 0.29) is 11.9 Å². The Kier molecular flexibility index (Phi) is 5.72. The molecular formula is C24H27N5OS.